The van der Waals surface area contributed by atoms with Crippen molar-refractivity contribution < 1.29 is 4.79 Å². The van der Waals surface area contributed by atoms with Crippen molar-refractivity contribution in [2.75, 3.05) is 0 Å². The van der Waals surface area contributed by atoms with Crippen molar-refractivity contribution >= 4 is 39.4 Å². The standard InChI is InChI=1S/C8H8ClIO/c1-8(10)4-2-6(3-5-8)7(9)11/h2-4H,5H2,1H3. The molecule has 0 aromatic rings. The normalized spacial score (nSPS) is 29.9. The van der Waals surface area contributed by atoms with E-state index in [9.17, 15) is 4.79 Å². The van der Waals surface area contributed by atoms with E-state index >= 15 is 0 Å². The Kier molecular flexibility index (Phi) is 2.75. The molecule has 1 nitrogen and oxygen atoms in total. The Morgan fingerprint density at radius 1 is 1.82 bits per heavy atom. The molecular weight excluding hydrogens is 274 g/mol. The minimum Gasteiger partial charge on any atom is -0.276 e. The van der Waals surface area contributed by atoms with Crippen LogP contribution in [0.4, 0.5) is 0 Å². The lowest BCUT2D eigenvalue weighted by atomic mass is 9.99. The SMILES string of the molecule is CC1(I)C=CC(C(=O)Cl)=CC1. The van der Waals surface area contributed by atoms with Crippen LogP contribution in [0.3, 0.4) is 0 Å². The second-order valence-electron chi connectivity index (χ2n) is 2.75. The summed E-state index contributed by atoms with van der Waals surface area (Å²) in [5.74, 6) is 0. The maximum Gasteiger partial charge on any atom is 0.252 e. The molecule has 0 amide bonds. The Labute approximate surface area is 84.6 Å². The molecule has 0 saturated carbocycles. The van der Waals surface area contributed by atoms with Crippen molar-refractivity contribution in [3.8, 4) is 0 Å². The Hall–Kier alpha value is 0.170. The third-order valence-electron chi connectivity index (χ3n) is 1.56. The summed E-state index contributed by atoms with van der Waals surface area (Å²) in [5, 5.41) is -0.367. The molecule has 0 N–H and O–H groups in total. The van der Waals surface area contributed by atoms with Crippen LogP contribution in [0.2, 0.25) is 0 Å². The molecule has 60 valence electrons. The number of allylic oxidation sites excluding steroid dienone is 4. The first-order valence-electron chi connectivity index (χ1n) is 3.29. The zero-order valence-corrected chi connectivity index (χ0v) is 9.02. The fourth-order valence-corrected chi connectivity index (χ4v) is 1.40. The molecule has 0 spiro atoms. The molecule has 3 heteroatoms. The third-order valence-corrected chi connectivity index (χ3v) is 2.58. The quantitative estimate of drug-likeness (QED) is 0.411. The van der Waals surface area contributed by atoms with Crippen LogP contribution in [-0.2, 0) is 4.79 Å². The summed E-state index contributed by atoms with van der Waals surface area (Å²) in [4.78, 5) is 10.7. The Balaban J connectivity index is 2.75. The van der Waals surface area contributed by atoms with Gasteiger partial charge in [-0.1, -0.05) is 40.8 Å². The lowest BCUT2D eigenvalue weighted by Crippen LogP contribution is -2.13. The smallest absolute Gasteiger partial charge is 0.252 e. The molecule has 1 aliphatic rings. The molecule has 1 unspecified atom stereocenters. The van der Waals surface area contributed by atoms with Crippen molar-refractivity contribution in [2.24, 2.45) is 0 Å². The maximum absolute atomic E-state index is 10.7. The molecule has 0 radical (unpaired) electrons. The fourth-order valence-electron chi connectivity index (χ4n) is 0.855. The predicted octanol–water partition coefficient (Wildman–Crippen LogP) is 2.83. The van der Waals surface area contributed by atoms with Crippen molar-refractivity contribution in [1.82, 2.24) is 0 Å². The molecule has 1 rings (SSSR count). The lowest BCUT2D eigenvalue weighted by Gasteiger charge is -2.19. The molecule has 0 saturated heterocycles. The van der Waals surface area contributed by atoms with E-state index in [0.29, 0.717) is 5.57 Å². The fraction of sp³-hybridized carbons (Fsp3) is 0.375. The van der Waals surface area contributed by atoms with E-state index < -0.39 is 0 Å². The second-order valence-corrected chi connectivity index (χ2v) is 5.56. The topological polar surface area (TPSA) is 17.1 Å². The lowest BCUT2D eigenvalue weighted by molar-refractivity contribution is -0.108. The molecule has 1 aliphatic carbocycles. The monoisotopic (exact) mass is 282 g/mol. The van der Waals surface area contributed by atoms with Gasteiger partial charge in [0, 0.05) is 8.99 Å². The summed E-state index contributed by atoms with van der Waals surface area (Å²) in [5.41, 5.74) is 0.612. The van der Waals surface area contributed by atoms with Crippen LogP contribution in [0.1, 0.15) is 13.3 Å². The Bertz CT molecular complexity index is 240. The molecule has 0 aromatic heterocycles. The summed E-state index contributed by atoms with van der Waals surface area (Å²) >= 11 is 7.63. The van der Waals surface area contributed by atoms with Crippen LogP contribution < -0.4 is 0 Å². The van der Waals surface area contributed by atoms with E-state index in [4.69, 9.17) is 11.6 Å². The molecular formula is C8H8ClIO. The first-order chi connectivity index (χ1) is 5.01. The highest BCUT2D eigenvalue weighted by Gasteiger charge is 2.19. The predicted molar refractivity (Wildman–Crippen MR) is 55.1 cm³/mol. The maximum atomic E-state index is 10.7. The summed E-state index contributed by atoms with van der Waals surface area (Å²) in [6, 6.07) is 0. The van der Waals surface area contributed by atoms with Crippen LogP contribution >= 0.6 is 34.2 Å². The Morgan fingerprint density at radius 2 is 2.45 bits per heavy atom. The number of carbonyl (C=O) groups is 1. The van der Waals surface area contributed by atoms with Gasteiger partial charge in [0.2, 0.25) is 0 Å². The zero-order chi connectivity index (χ0) is 8.48. The van der Waals surface area contributed by atoms with Gasteiger partial charge in [-0.25, -0.2) is 0 Å². The van der Waals surface area contributed by atoms with Crippen molar-refractivity contribution in [3.05, 3.63) is 23.8 Å². The largest absolute Gasteiger partial charge is 0.276 e. The van der Waals surface area contributed by atoms with Crippen molar-refractivity contribution in [1.29, 1.82) is 0 Å². The van der Waals surface area contributed by atoms with Crippen LogP contribution in [-0.4, -0.2) is 8.66 Å². The summed E-state index contributed by atoms with van der Waals surface area (Å²) in [6.07, 6.45) is 6.54. The van der Waals surface area contributed by atoms with Crippen molar-refractivity contribution in [3.63, 3.8) is 0 Å². The summed E-state index contributed by atoms with van der Waals surface area (Å²) in [7, 11) is 0. The van der Waals surface area contributed by atoms with Gasteiger partial charge < -0.3 is 0 Å². The van der Waals surface area contributed by atoms with Gasteiger partial charge in [0.15, 0.2) is 0 Å². The van der Waals surface area contributed by atoms with Gasteiger partial charge >= 0.3 is 0 Å². The van der Waals surface area contributed by atoms with Crippen LogP contribution in [0, 0.1) is 0 Å². The summed E-state index contributed by atoms with van der Waals surface area (Å²) in [6.45, 7) is 2.11. The number of halogens is 2. The van der Waals surface area contributed by atoms with E-state index in [1.165, 1.54) is 0 Å². The average Bonchev–Trinajstić information content (AvgIpc) is 1.86. The molecule has 0 heterocycles. The molecule has 0 aromatic carbocycles. The van der Waals surface area contributed by atoms with E-state index in [1.54, 1.807) is 6.08 Å². The van der Waals surface area contributed by atoms with Gasteiger partial charge in [-0.3, -0.25) is 4.79 Å². The van der Waals surface area contributed by atoms with Gasteiger partial charge in [-0.2, -0.15) is 0 Å². The van der Waals surface area contributed by atoms with E-state index in [0.717, 1.165) is 6.42 Å². The molecule has 1 atom stereocenters. The first-order valence-corrected chi connectivity index (χ1v) is 4.75. The highest BCUT2D eigenvalue weighted by molar-refractivity contribution is 14.1. The second kappa shape index (κ2) is 3.27. The number of hydrogen-bond acceptors (Lipinski definition) is 1. The molecule has 11 heavy (non-hydrogen) atoms. The number of alkyl halides is 1. The highest BCUT2D eigenvalue weighted by atomic mass is 127. The minimum absolute atomic E-state index is 0.146. The van der Waals surface area contributed by atoms with E-state index in [2.05, 4.69) is 29.5 Å². The average molecular weight is 283 g/mol. The van der Waals surface area contributed by atoms with Gasteiger partial charge in [0.05, 0.1) is 0 Å². The van der Waals surface area contributed by atoms with Crippen LogP contribution in [0.15, 0.2) is 23.8 Å². The Morgan fingerprint density at radius 3 is 2.82 bits per heavy atom. The molecule has 0 fully saturated rings. The van der Waals surface area contributed by atoms with E-state index in [-0.39, 0.29) is 8.66 Å². The number of rotatable bonds is 1. The molecule has 0 aliphatic heterocycles. The zero-order valence-electron chi connectivity index (χ0n) is 6.10. The number of carbonyl (C=O) groups excluding carboxylic acids is 1. The molecule has 0 bridgehead atoms. The summed E-state index contributed by atoms with van der Waals surface area (Å²) < 4.78 is 0.146. The third kappa shape index (κ3) is 2.60. The van der Waals surface area contributed by atoms with Crippen molar-refractivity contribution in [2.45, 2.75) is 16.8 Å². The van der Waals surface area contributed by atoms with Gasteiger partial charge in [0.25, 0.3) is 5.24 Å². The minimum atomic E-state index is -0.367. The van der Waals surface area contributed by atoms with Gasteiger partial charge in [0.1, 0.15) is 0 Å². The van der Waals surface area contributed by atoms with Gasteiger partial charge in [-0.15, -0.1) is 0 Å². The first kappa shape index (κ1) is 9.26. The number of hydrogen-bond donors (Lipinski definition) is 0. The van der Waals surface area contributed by atoms with Crippen LogP contribution in [0.5, 0.6) is 0 Å². The van der Waals surface area contributed by atoms with E-state index in [1.807, 2.05) is 12.2 Å². The highest BCUT2D eigenvalue weighted by Crippen LogP contribution is 2.29. The van der Waals surface area contributed by atoms with Gasteiger partial charge in [-0.05, 0) is 24.9 Å². The van der Waals surface area contributed by atoms with Crippen LogP contribution in [0.25, 0.3) is 0 Å².